The molecule has 0 radical (unpaired) electrons. The van der Waals surface area contributed by atoms with Crippen molar-refractivity contribution in [2.45, 2.75) is 297 Å². The fraction of sp³-hybridized carbons (Fsp3) is 0.696. The molecule has 6 heteroatoms. The lowest BCUT2D eigenvalue weighted by molar-refractivity contribution is -0.167. The van der Waals surface area contributed by atoms with Gasteiger partial charge in [0, 0.05) is 19.3 Å². The first-order valence-electron chi connectivity index (χ1n) is 31.4. The van der Waals surface area contributed by atoms with E-state index in [2.05, 4.69) is 130 Å². The Kier molecular flexibility index (Phi) is 59.3. The summed E-state index contributed by atoms with van der Waals surface area (Å²) in [4.78, 5) is 38.0. The highest BCUT2D eigenvalue weighted by atomic mass is 16.6. The van der Waals surface area contributed by atoms with Crippen LogP contribution < -0.4 is 0 Å². The van der Waals surface area contributed by atoms with Gasteiger partial charge in [0.15, 0.2) is 6.10 Å². The number of carbonyl (C=O) groups excluding carboxylic acids is 3. The van der Waals surface area contributed by atoms with Crippen molar-refractivity contribution < 1.29 is 28.6 Å². The molecule has 0 aromatic heterocycles. The highest BCUT2D eigenvalue weighted by Gasteiger charge is 2.19. The number of unbranched alkanes of at least 4 members (excludes halogenated alkanes) is 27. The van der Waals surface area contributed by atoms with Crippen molar-refractivity contribution in [3.05, 3.63) is 109 Å². The van der Waals surface area contributed by atoms with Crippen molar-refractivity contribution in [2.24, 2.45) is 0 Å². The number of rotatable bonds is 56. The van der Waals surface area contributed by atoms with Crippen LogP contribution in [-0.4, -0.2) is 37.2 Å². The van der Waals surface area contributed by atoms with Crippen LogP contribution in [0.2, 0.25) is 0 Å². The van der Waals surface area contributed by atoms with E-state index in [1.807, 2.05) is 0 Å². The normalized spacial score (nSPS) is 12.8. The van der Waals surface area contributed by atoms with E-state index in [4.69, 9.17) is 14.2 Å². The molecule has 0 saturated heterocycles. The van der Waals surface area contributed by atoms with Crippen LogP contribution in [0.5, 0.6) is 0 Å². The molecule has 0 N–H and O–H groups in total. The zero-order valence-electron chi connectivity index (χ0n) is 49.0. The van der Waals surface area contributed by atoms with E-state index in [0.717, 1.165) is 122 Å². The largest absolute Gasteiger partial charge is 0.462 e. The minimum Gasteiger partial charge on any atom is -0.462 e. The molecule has 0 saturated carbocycles. The zero-order chi connectivity index (χ0) is 54.3. The molecule has 0 fully saturated rings. The van der Waals surface area contributed by atoms with Gasteiger partial charge in [0.25, 0.3) is 0 Å². The Bertz CT molecular complexity index is 1520. The highest BCUT2D eigenvalue weighted by Crippen LogP contribution is 2.15. The van der Waals surface area contributed by atoms with Gasteiger partial charge in [-0.3, -0.25) is 14.4 Å². The first-order valence-corrected chi connectivity index (χ1v) is 31.4. The summed E-state index contributed by atoms with van der Waals surface area (Å²) in [5, 5.41) is 0. The minimum atomic E-state index is -0.789. The van der Waals surface area contributed by atoms with Gasteiger partial charge < -0.3 is 14.2 Å². The lowest BCUT2D eigenvalue weighted by Crippen LogP contribution is -2.30. The van der Waals surface area contributed by atoms with Crippen molar-refractivity contribution in [1.29, 1.82) is 0 Å². The smallest absolute Gasteiger partial charge is 0.306 e. The van der Waals surface area contributed by atoms with Gasteiger partial charge in [-0.15, -0.1) is 0 Å². The Morgan fingerprint density at radius 2 is 0.520 bits per heavy atom. The zero-order valence-corrected chi connectivity index (χ0v) is 49.0. The third-order valence-electron chi connectivity index (χ3n) is 13.3. The van der Waals surface area contributed by atoms with Gasteiger partial charge in [-0.1, -0.05) is 271 Å². The summed E-state index contributed by atoms with van der Waals surface area (Å²) in [5.41, 5.74) is 0. The molecule has 428 valence electrons. The molecule has 0 heterocycles. The van der Waals surface area contributed by atoms with Crippen LogP contribution in [0.1, 0.15) is 290 Å². The first kappa shape index (κ1) is 71.1. The van der Waals surface area contributed by atoms with E-state index in [-0.39, 0.29) is 31.1 Å². The molecule has 0 bridgehead atoms. The highest BCUT2D eigenvalue weighted by molar-refractivity contribution is 5.71. The van der Waals surface area contributed by atoms with Gasteiger partial charge in [-0.25, -0.2) is 0 Å². The summed E-state index contributed by atoms with van der Waals surface area (Å²) in [7, 11) is 0. The van der Waals surface area contributed by atoms with Crippen LogP contribution in [0.4, 0.5) is 0 Å². The van der Waals surface area contributed by atoms with Gasteiger partial charge in [-0.2, -0.15) is 0 Å². The number of ether oxygens (including phenoxy) is 3. The summed E-state index contributed by atoms with van der Waals surface area (Å²) >= 11 is 0. The molecule has 0 aliphatic carbocycles. The molecule has 0 spiro atoms. The van der Waals surface area contributed by atoms with Crippen LogP contribution in [0.25, 0.3) is 0 Å². The molecule has 75 heavy (non-hydrogen) atoms. The number of hydrogen-bond acceptors (Lipinski definition) is 6. The summed E-state index contributed by atoms with van der Waals surface area (Å²) < 4.78 is 16.8. The molecule has 0 aliphatic rings. The summed E-state index contributed by atoms with van der Waals surface area (Å²) in [6.45, 7) is 6.47. The Balaban J connectivity index is 4.23. The van der Waals surface area contributed by atoms with Crippen LogP contribution in [0, 0.1) is 0 Å². The monoisotopic (exact) mass is 1040 g/mol. The van der Waals surface area contributed by atoms with E-state index < -0.39 is 6.10 Å². The van der Waals surface area contributed by atoms with Gasteiger partial charge in [-0.05, 0) is 109 Å². The van der Waals surface area contributed by atoms with Crippen molar-refractivity contribution in [1.82, 2.24) is 0 Å². The fourth-order valence-corrected chi connectivity index (χ4v) is 8.57. The maximum absolute atomic E-state index is 12.8. The molecule has 0 aromatic rings. The maximum Gasteiger partial charge on any atom is 0.306 e. The Morgan fingerprint density at radius 3 is 0.827 bits per heavy atom. The number of esters is 3. The van der Waals surface area contributed by atoms with Crippen LogP contribution >= 0.6 is 0 Å². The topological polar surface area (TPSA) is 78.9 Å². The minimum absolute atomic E-state index is 0.0866. The van der Waals surface area contributed by atoms with Crippen LogP contribution in [-0.2, 0) is 28.6 Å². The van der Waals surface area contributed by atoms with E-state index in [0.29, 0.717) is 19.3 Å². The van der Waals surface area contributed by atoms with E-state index in [9.17, 15) is 14.4 Å². The molecule has 1 atom stereocenters. The number of allylic oxidation sites excluding steroid dienone is 18. The van der Waals surface area contributed by atoms with E-state index in [1.165, 1.54) is 128 Å². The van der Waals surface area contributed by atoms with E-state index in [1.54, 1.807) is 0 Å². The van der Waals surface area contributed by atoms with Gasteiger partial charge >= 0.3 is 17.9 Å². The average Bonchev–Trinajstić information content (AvgIpc) is 3.41. The summed E-state index contributed by atoms with van der Waals surface area (Å²) in [5.74, 6) is -0.917. The maximum atomic E-state index is 12.8. The number of carbonyl (C=O) groups is 3. The van der Waals surface area contributed by atoms with Crippen LogP contribution in [0.3, 0.4) is 0 Å². The van der Waals surface area contributed by atoms with Crippen molar-refractivity contribution in [3.63, 3.8) is 0 Å². The van der Waals surface area contributed by atoms with Crippen molar-refractivity contribution >= 4 is 17.9 Å². The molecule has 0 amide bonds. The van der Waals surface area contributed by atoms with Gasteiger partial charge in [0.2, 0.25) is 0 Å². The lowest BCUT2D eigenvalue weighted by Gasteiger charge is -2.18. The first-order chi connectivity index (χ1) is 37.0. The summed E-state index contributed by atoms with van der Waals surface area (Å²) in [6, 6.07) is 0. The van der Waals surface area contributed by atoms with Crippen molar-refractivity contribution in [2.75, 3.05) is 13.2 Å². The second-order valence-electron chi connectivity index (χ2n) is 20.6. The summed E-state index contributed by atoms with van der Waals surface area (Å²) in [6.07, 6.45) is 85.4. The second kappa shape index (κ2) is 62.6. The molecule has 0 aromatic carbocycles. The SMILES string of the molecule is CC/C=C\C/C=C\C/C=C\C/C=C\C/C=C\C/C=C\C/C=C\C/C=C\CCCCCCC(=O)OCC(COC(=O)CCCCCCCCC)OC(=O)CCCCCCCCCCC/C=C\CCCCCCCCCC. The molecule has 6 nitrogen and oxygen atoms in total. The fourth-order valence-electron chi connectivity index (χ4n) is 8.57. The Labute approximate surface area is 463 Å². The van der Waals surface area contributed by atoms with E-state index >= 15 is 0 Å². The van der Waals surface area contributed by atoms with Crippen molar-refractivity contribution in [3.8, 4) is 0 Å². The Hall–Kier alpha value is -3.93. The van der Waals surface area contributed by atoms with Gasteiger partial charge in [0.05, 0.1) is 0 Å². The molecule has 0 rings (SSSR count). The van der Waals surface area contributed by atoms with Crippen LogP contribution in [0.15, 0.2) is 109 Å². The predicted octanol–water partition coefficient (Wildman–Crippen LogP) is 21.4. The van der Waals surface area contributed by atoms with Gasteiger partial charge in [0.1, 0.15) is 13.2 Å². The Morgan fingerprint density at radius 1 is 0.280 bits per heavy atom. The third-order valence-corrected chi connectivity index (χ3v) is 13.3. The lowest BCUT2D eigenvalue weighted by atomic mass is 10.1. The predicted molar refractivity (Wildman–Crippen MR) is 325 cm³/mol. The quantitative estimate of drug-likeness (QED) is 0.0261. The molecular formula is C69H116O6. The molecule has 1 unspecified atom stereocenters. The standard InChI is InChI=1S/C69H116O6/c1-4-7-10-13-16-18-20-22-24-26-28-30-31-32-33-34-35-36-37-39-40-42-44-46-48-50-53-56-59-62-68(71)74-65-66(64-73-67(70)61-58-55-52-15-12-9-6-3)75-69(72)63-60-57-54-51-49-47-45-43-41-38-29-27-25-23-21-19-17-14-11-8-5-2/h7,10,16,18,22,24,27-30,32-33,35-36,39-40,44,46,66H,4-6,8-9,11-15,17,19-21,23,25-26,31,34,37-38,41-43,45,47-65H2,1-3H3/b10-7-,18-16-,24-22-,29-27-,30-28-,33-32-,36-35-,40-39-,46-44-. The molecule has 0 aliphatic heterocycles. The molecular weight excluding hydrogens is 925 g/mol. The average molecular weight is 1040 g/mol. The number of hydrogen-bond donors (Lipinski definition) is 0. The third kappa shape index (κ3) is 60.8. The second-order valence-corrected chi connectivity index (χ2v) is 20.6.